The molecule has 0 radical (unpaired) electrons. The molecule has 0 unspecified atom stereocenters. The summed E-state index contributed by atoms with van der Waals surface area (Å²) in [5.74, 6) is 0.924. The number of ether oxygens (including phenoxy) is 1. The van der Waals surface area contributed by atoms with Crippen LogP contribution in [0.25, 0.3) is 0 Å². The molecule has 2 heterocycles. The van der Waals surface area contributed by atoms with Crippen molar-refractivity contribution in [2.45, 2.75) is 6.42 Å². The van der Waals surface area contributed by atoms with Gasteiger partial charge in [-0.1, -0.05) is 23.7 Å². The van der Waals surface area contributed by atoms with E-state index in [-0.39, 0.29) is 5.56 Å². The smallest absolute Gasteiger partial charge is 0.291 e. The highest BCUT2D eigenvalue weighted by Crippen LogP contribution is 2.28. The average Bonchev–Trinajstić information content (AvgIpc) is 2.71. The van der Waals surface area contributed by atoms with Crippen molar-refractivity contribution in [3.8, 4) is 5.75 Å². The van der Waals surface area contributed by atoms with Gasteiger partial charge in [-0.3, -0.25) is 9.69 Å². The first-order valence-corrected chi connectivity index (χ1v) is 9.92. The highest BCUT2D eigenvalue weighted by atomic mass is 35.5. The normalized spacial score (nSPS) is 14.9. The largest absolute Gasteiger partial charge is 0.495 e. The van der Waals surface area contributed by atoms with Gasteiger partial charge in [0.15, 0.2) is 0 Å². The van der Waals surface area contributed by atoms with Crippen LogP contribution in [-0.2, 0) is 7.05 Å². The molecule has 0 spiro atoms. The summed E-state index contributed by atoms with van der Waals surface area (Å²) in [5.41, 5.74) is 1.51. The Labute approximate surface area is 171 Å². The number of aromatic nitrogens is 2. The van der Waals surface area contributed by atoms with Crippen molar-refractivity contribution in [2.75, 3.05) is 63.2 Å². The Balaban J connectivity index is 1.49. The predicted octanol–water partition coefficient (Wildman–Crippen LogP) is 2.09. The zero-order chi connectivity index (χ0) is 20.1. The number of aryl methyl sites for hydroxylation is 1. The van der Waals surface area contributed by atoms with Gasteiger partial charge in [0, 0.05) is 46.8 Å². The summed E-state index contributed by atoms with van der Waals surface area (Å²) in [6, 6.07) is 8.17. The van der Waals surface area contributed by atoms with Crippen LogP contribution in [0.4, 0.5) is 11.4 Å². The van der Waals surface area contributed by atoms with E-state index in [4.69, 9.17) is 16.3 Å². The first-order chi connectivity index (χ1) is 13.5. The lowest BCUT2D eigenvalue weighted by atomic mass is 10.2. The summed E-state index contributed by atoms with van der Waals surface area (Å²) in [4.78, 5) is 19.0. The van der Waals surface area contributed by atoms with Crippen LogP contribution in [0.5, 0.6) is 5.75 Å². The summed E-state index contributed by atoms with van der Waals surface area (Å²) < 4.78 is 6.80. The molecule has 0 atom stereocenters. The van der Waals surface area contributed by atoms with Gasteiger partial charge in [-0.05, 0) is 25.1 Å². The molecule has 0 saturated carbocycles. The lowest BCUT2D eigenvalue weighted by Gasteiger charge is -2.36. The topological polar surface area (TPSA) is 53.8 Å². The van der Waals surface area contributed by atoms with Crippen LogP contribution >= 0.6 is 11.6 Å². The van der Waals surface area contributed by atoms with Gasteiger partial charge in [-0.25, -0.2) is 4.68 Å². The Hall–Kier alpha value is -2.25. The van der Waals surface area contributed by atoms with Gasteiger partial charge >= 0.3 is 0 Å². The number of rotatable bonds is 7. The SMILES string of the molecule is COc1ccccc1N1CCN(CCCN(C)c2c(Cl)cnn(C)c2=O)CC1. The molecule has 1 aliphatic rings. The van der Waals surface area contributed by atoms with Gasteiger partial charge in [-0.15, -0.1) is 0 Å². The predicted molar refractivity (Wildman–Crippen MR) is 114 cm³/mol. The van der Waals surface area contributed by atoms with Crippen molar-refractivity contribution in [2.24, 2.45) is 7.05 Å². The van der Waals surface area contributed by atoms with Gasteiger partial charge < -0.3 is 14.5 Å². The Bertz CT molecular complexity index is 849. The third-order valence-corrected chi connectivity index (χ3v) is 5.49. The van der Waals surface area contributed by atoms with E-state index in [0.29, 0.717) is 10.7 Å². The lowest BCUT2D eigenvalue weighted by Crippen LogP contribution is -2.47. The number of benzene rings is 1. The van der Waals surface area contributed by atoms with Gasteiger partial charge in [0.05, 0.1) is 24.0 Å². The molecule has 7 nitrogen and oxygen atoms in total. The number of halogens is 1. The minimum absolute atomic E-state index is 0.166. The van der Waals surface area contributed by atoms with E-state index in [1.54, 1.807) is 14.2 Å². The highest BCUT2D eigenvalue weighted by Gasteiger charge is 2.19. The minimum atomic E-state index is -0.166. The second kappa shape index (κ2) is 9.30. The van der Waals surface area contributed by atoms with Crippen LogP contribution in [0.1, 0.15) is 6.42 Å². The molecule has 0 amide bonds. The fraction of sp³-hybridized carbons (Fsp3) is 0.500. The van der Waals surface area contributed by atoms with E-state index < -0.39 is 0 Å². The van der Waals surface area contributed by atoms with E-state index in [0.717, 1.165) is 57.1 Å². The molecule has 1 aliphatic heterocycles. The monoisotopic (exact) mass is 405 g/mol. The van der Waals surface area contributed by atoms with E-state index >= 15 is 0 Å². The Morgan fingerprint density at radius 3 is 2.64 bits per heavy atom. The number of methoxy groups -OCH3 is 1. The molecule has 0 bridgehead atoms. The van der Waals surface area contributed by atoms with Crippen molar-refractivity contribution in [3.05, 3.63) is 45.8 Å². The van der Waals surface area contributed by atoms with Gasteiger partial charge in [0.1, 0.15) is 11.4 Å². The van der Waals surface area contributed by atoms with Crippen molar-refractivity contribution in [1.29, 1.82) is 0 Å². The Morgan fingerprint density at radius 2 is 1.93 bits per heavy atom. The molecule has 152 valence electrons. The third kappa shape index (κ3) is 4.59. The molecule has 1 fully saturated rings. The molecule has 1 aromatic heterocycles. The maximum absolute atomic E-state index is 12.3. The minimum Gasteiger partial charge on any atom is -0.495 e. The molecule has 1 aromatic carbocycles. The summed E-state index contributed by atoms with van der Waals surface area (Å²) in [5, 5.41) is 4.34. The van der Waals surface area contributed by atoms with Gasteiger partial charge in [0.2, 0.25) is 0 Å². The lowest BCUT2D eigenvalue weighted by molar-refractivity contribution is 0.255. The molecule has 0 aliphatic carbocycles. The maximum Gasteiger partial charge on any atom is 0.291 e. The van der Waals surface area contributed by atoms with Crippen LogP contribution in [0, 0.1) is 0 Å². The zero-order valence-corrected chi connectivity index (χ0v) is 17.5. The third-order valence-electron chi connectivity index (χ3n) is 5.21. The second-order valence-electron chi connectivity index (χ2n) is 7.05. The molecular formula is C20H28ClN5O2. The van der Waals surface area contributed by atoms with Crippen LogP contribution in [0.2, 0.25) is 5.02 Å². The highest BCUT2D eigenvalue weighted by molar-refractivity contribution is 6.33. The summed E-state index contributed by atoms with van der Waals surface area (Å²) in [7, 11) is 5.26. The van der Waals surface area contributed by atoms with Gasteiger partial charge in [0.25, 0.3) is 5.56 Å². The molecule has 1 saturated heterocycles. The van der Waals surface area contributed by atoms with E-state index in [1.165, 1.54) is 10.9 Å². The molecule has 2 aromatic rings. The van der Waals surface area contributed by atoms with Crippen LogP contribution < -0.4 is 20.1 Å². The summed E-state index contributed by atoms with van der Waals surface area (Å²) in [6.45, 7) is 5.75. The fourth-order valence-electron chi connectivity index (χ4n) is 3.60. The quantitative estimate of drug-likeness (QED) is 0.703. The van der Waals surface area contributed by atoms with Crippen molar-refractivity contribution in [1.82, 2.24) is 14.7 Å². The Morgan fingerprint density at radius 1 is 1.21 bits per heavy atom. The fourth-order valence-corrected chi connectivity index (χ4v) is 3.87. The van der Waals surface area contributed by atoms with E-state index in [2.05, 4.69) is 27.0 Å². The standard InChI is InChI=1S/C20H28ClN5O2/c1-23(19-16(21)15-22-24(2)20(19)27)9-6-10-25-11-13-26(14-12-25)17-7-4-5-8-18(17)28-3/h4-5,7-8,15H,6,9-14H2,1-3H3. The van der Waals surface area contributed by atoms with E-state index in [1.807, 2.05) is 24.1 Å². The van der Waals surface area contributed by atoms with Crippen LogP contribution in [0.3, 0.4) is 0 Å². The first-order valence-electron chi connectivity index (χ1n) is 9.54. The zero-order valence-electron chi connectivity index (χ0n) is 16.8. The van der Waals surface area contributed by atoms with Gasteiger partial charge in [-0.2, -0.15) is 5.10 Å². The van der Waals surface area contributed by atoms with Crippen LogP contribution in [-0.4, -0.2) is 68.1 Å². The van der Waals surface area contributed by atoms with Crippen LogP contribution in [0.15, 0.2) is 35.3 Å². The molecule has 3 rings (SSSR count). The number of hydrogen-bond donors (Lipinski definition) is 0. The molecule has 28 heavy (non-hydrogen) atoms. The van der Waals surface area contributed by atoms with Crippen molar-refractivity contribution < 1.29 is 4.74 Å². The number of hydrogen-bond acceptors (Lipinski definition) is 6. The van der Waals surface area contributed by atoms with Crippen molar-refractivity contribution in [3.63, 3.8) is 0 Å². The average molecular weight is 406 g/mol. The number of piperazine rings is 1. The number of anilines is 2. The summed E-state index contributed by atoms with van der Waals surface area (Å²) >= 11 is 6.18. The number of nitrogens with zero attached hydrogens (tertiary/aromatic N) is 5. The van der Waals surface area contributed by atoms with Crippen molar-refractivity contribution >= 4 is 23.0 Å². The molecular weight excluding hydrogens is 378 g/mol. The van der Waals surface area contributed by atoms with E-state index in [9.17, 15) is 4.79 Å². The molecule has 0 N–H and O–H groups in total. The Kier molecular flexibility index (Phi) is 6.80. The maximum atomic E-state index is 12.3. The second-order valence-corrected chi connectivity index (χ2v) is 7.45. The molecule has 8 heteroatoms. The summed E-state index contributed by atoms with van der Waals surface area (Å²) in [6.07, 6.45) is 2.48. The number of para-hydroxylation sites is 2. The first kappa shape index (κ1) is 20.5.